The van der Waals surface area contributed by atoms with E-state index in [9.17, 15) is 9.90 Å². The highest BCUT2D eigenvalue weighted by Gasteiger charge is 2.32. The van der Waals surface area contributed by atoms with Crippen LogP contribution in [0.3, 0.4) is 0 Å². The molecule has 0 radical (unpaired) electrons. The van der Waals surface area contributed by atoms with Crippen LogP contribution < -0.4 is 0 Å². The molecule has 16 heavy (non-hydrogen) atoms. The molecule has 0 aromatic heterocycles. The molecular formula is C12H23NO3. The van der Waals surface area contributed by atoms with Crippen LogP contribution in [0.15, 0.2) is 0 Å². The summed E-state index contributed by atoms with van der Waals surface area (Å²) >= 11 is 0. The summed E-state index contributed by atoms with van der Waals surface area (Å²) in [5.41, 5.74) is -0.474. The highest BCUT2D eigenvalue weighted by Crippen LogP contribution is 2.26. The van der Waals surface area contributed by atoms with Crippen LogP contribution in [0.1, 0.15) is 47.0 Å². The first kappa shape index (κ1) is 13.3. The molecule has 0 bridgehead atoms. The molecule has 4 heteroatoms. The summed E-state index contributed by atoms with van der Waals surface area (Å²) < 4.78 is 5.33. The molecule has 1 saturated carbocycles. The van der Waals surface area contributed by atoms with E-state index in [4.69, 9.17) is 4.74 Å². The van der Waals surface area contributed by atoms with Crippen LogP contribution in [0.5, 0.6) is 0 Å². The van der Waals surface area contributed by atoms with Gasteiger partial charge in [0.2, 0.25) is 0 Å². The zero-order valence-electron chi connectivity index (χ0n) is 10.7. The summed E-state index contributed by atoms with van der Waals surface area (Å²) in [7, 11) is 0. The molecule has 1 amide bonds. The van der Waals surface area contributed by atoms with Gasteiger partial charge in [-0.3, -0.25) is 0 Å². The molecule has 0 aliphatic heterocycles. The Kier molecular flexibility index (Phi) is 4.19. The number of carbonyl (C=O) groups excluding carboxylic acids is 1. The number of aliphatic hydroxyl groups excluding tert-OH is 1. The number of carbonyl (C=O) groups is 1. The number of hydrogen-bond acceptors (Lipinski definition) is 3. The fraction of sp³-hybridized carbons (Fsp3) is 0.917. The van der Waals surface area contributed by atoms with Crippen LogP contribution in [0.4, 0.5) is 4.79 Å². The van der Waals surface area contributed by atoms with Gasteiger partial charge in [0, 0.05) is 12.6 Å². The standard InChI is InChI=1S/C12H23NO3/c1-9(14)8-13(10-6-5-7-10)11(15)16-12(2,3)4/h9-10,14H,5-8H2,1-4H3. The zero-order chi connectivity index (χ0) is 12.3. The van der Waals surface area contributed by atoms with E-state index in [1.807, 2.05) is 20.8 Å². The molecule has 0 aromatic carbocycles. The lowest BCUT2D eigenvalue weighted by atomic mass is 9.91. The predicted molar refractivity (Wildman–Crippen MR) is 62.3 cm³/mol. The molecule has 4 nitrogen and oxygen atoms in total. The number of hydrogen-bond donors (Lipinski definition) is 1. The first-order valence-corrected chi connectivity index (χ1v) is 5.97. The summed E-state index contributed by atoms with van der Waals surface area (Å²) in [4.78, 5) is 13.6. The van der Waals surface area contributed by atoms with Crippen molar-refractivity contribution in [3.05, 3.63) is 0 Å². The largest absolute Gasteiger partial charge is 0.444 e. The Morgan fingerprint density at radius 3 is 2.38 bits per heavy atom. The van der Waals surface area contributed by atoms with Crippen molar-refractivity contribution in [3.63, 3.8) is 0 Å². The Bertz CT molecular complexity index is 241. The molecule has 1 aliphatic carbocycles. The quantitative estimate of drug-likeness (QED) is 0.806. The van der Waals surface area contributed by atoms with E-state index in [-0.39, 0.29) is 12.1 Å². The van der Waals surface area contributed by atoms with Crippen molar-refractivity contribution < 1.29 is 14.6 Å². The average Bonchev–Trinajstić information content (AvgIpc) is 1.95. The lowest BCUT2D eigenvalue weighted by Crippen LogP contribution is -2.49. The molecule has 1 N–H and O–H groups in total. The molecule has 94 valence electrons. The summed E-state index contributed by atoms with van der Waals surface area (Å²) in [5.74, 6) is 0. The van der Waals surface area contributed by atoms with Gasteiger partial charge >= 0.3 is 6.09 Å². The van der Waals surface area contributed by atoms with Crippen LogP contribution in [-0.2, 0) is 4.74 Å². The van der Waals surface area contributed by atoms with E-state index < -0.39 is 11.7 Å². The maximum atomic E-state index is 11.9. The van der Waals surface area contributed by atoms with Crippen molar-refractivity contribution in [3.8, 4) is 0 Å². The summed E-state index contributed by atoms with van der Waals surface area (Å²) in [6.45, 7) is 7.61. The number of aliphatic hydroxyl groups is 1. The topological polar surface area (TPSA) is 49.8 Å². The number of ether oxygens (including phenoxy) is 1. The molecule has 1 rings (SSSR count). The summed E-state index contributed by atoms with van der Waals surface area (Å²) in [6.07, 6.45) is 2.38. The first-order chi connectivity index (χ1) is 7.29. The van der Waals surface area contributed by atoms with Crippen molar-refractivity contribution in [2.75, 3.05) is 6.54 Å². The summed E-state index contributed by atoms with van der Waals surface area (Å²) in [5, 5.41) is 9.39. The highest BCUT2D eigenvalue weighted by atomic mass is 16.6. The molecule has 0 heterocycles. The SMILES string of the molecule is CC(O)CN(C(=O)OC(C)(C)C)C1CCC1. The van der Waals surface area contributed by atoms with Gasteiger partial charge in [-0.1, -0.05) is 0 Å². The average molecular weight is 229 g/mol. The third-order valence-electron chi connectivity index (χ3n) is 2.60. The van der Waals surface area contributed by atoms with Gasteiger partial charge in [0.05, 0.1) is 6.10 Å². The Labute approximate surface area is 97.6 Å². The van der Waals surface area contributed by atoms with Crippen LogP contribution >= 0.6 is 0 Å². The molecular weight excluding hydrogens is 206 g/mol. The minimum atomic E-state index is -0.506. The number of amides is 1. The van der Waals surface area contributed by atoms with E-state index in [1.165, 1.54) is 0 Å². The Balaban J connectivity index is 2.57. The number of nitrogens with zero attached hydrogens (tertiary/aromatic N) is 1. The normalized spacial score (nSPS) is 18.8. The second-order valence-electron chi connectivity index (χ2n) is 5.57. The van der Waals surface area contributed by atoms with E-state index in [0.717, 1.165) is 19.3 Å². The van der Waals surface area contributed by atoms with Crippen molar-refractivity contribution in [2.24, 2.45) is 0 Å². The lowest BCUT2D eigenvalue weighted by molar-refractivity contribution is -0.00436. The Morgan fingerprint density at radius 2 is 2.06 bits per heavy atom. The second-order valence-corrected chi connectivity index (χ2v) is 5.57. The predicted octanol–water partition coefficient (Wildman–Crippen LogP) is 2.16. The van der Waals surface area contributed by atoms with Gasteiger partial charge in [-0.2, -0.15) is 0 Å². The maximum Gasteiger partial charge on any atom is 0.410 e. The van der Waals surface area contributed by atoms with Crippen molar-refractivity contribution in [1.82, 2.24) is 4.90 Å². The van der Waals surface area contributed by atoms with Crippen LogP contribution in [0, 0.1) is 0 Å². The van der Waals surface area contributed by atoms with Gasteiger partial charge in [0.25, 0.3) is 0 Å². The lowest BCUT2D eigenvalue weighted by Gasteiger charge is -2.38. The molecule has 0 aromatic rings. The van der Waals surface area contributed by atoms with Crippen molar-refractivity contribution in [1.29, 1.82) is 0 Å². The van der Waals surface area contributed by atoms with Crippen LogP contribution in [-0.4, -0.2) is 40.4 Å². The van der Waals surface area contributed by atoms with Crippen molar-refractivity contribution in [2.45, 2.75) is 64.7 Å². The fourth-order valence-electron chi connectivity index (χ4n) is 1.68. The third kappa shape index (κ3) is 4.00. The van der Waals surface area contributed by atoms with Crippen LogP contribution in [0.25, 0.3) is 0 Å². The minimum Gasteiger partial charge on any atom is -0.444 e. The van der Waals surface area contributed by atoms with E-state index in [1.54, 1.807) is 11.8 Å². The van der Waals surface area contributed by atoms with Gasteiger partial charge in [-0.05, 0) is 47.0 Å². The van der Waals surface area contributed by atoms with E-state index in [2.05, 4.69) is 0 Å². The highest BCUT2D eigenvalue weighted by molar-refractivity contribution is 5.68. The minimum absolute atomic E-state index is 0.254. The fourth-order valence-corrected chi connectivity index (χ4v) is 1.68. The van der Waals surface area contributed by atoms with Gasteiger partial charge in [-0.15, -0.1) is 0 Å². The monoisotopic (exact) mass is 229 g/mol. The zero-order valence-corrected chi connectivity index (χ0v) is 10.7. The van der Waals surface area contributed by atoms with Gasteiger partial charge < -0.3 is 14.7 Å². The Morgan fingerprint density at radius 1 is 1.50 bits per heavy atom. The molecule has 1 aliphatic rings. The second kappa shape index (κ2) is 5.04. The van der Waals surface area contributed by atoms with E-state index in [0.29, 0.717) is 6.54 Å². The van der Waals surface area contributed by atoms with Gasteiger partial charge in [0.15, 0.2) is 0 Å². The summed E-state index contributed by atoms with van der Waals surface area (Å²) in [6, 6.07) is 0.254. The van der Waals surface area contributed by atoms with Gasteiger partial charge in [-0.25, -0.2) is 4.79 Å². The van der Waals surface area contributed by atoms with Crippen LogP contribution in [0.2, 0.25) is 0 Å². The third-order valence-corrected chi connectivity index (χ3v) is 2.60. The first-order valence-electron chi connectivity index (χ1n) is 5.97. The molecule has 0 saturated heterocycles. The van der Waals surface area contributed by atoms with Crippen molar-refractivity contribution >= 4 is 6.09 Å². The Hall–Kier alpha value is -0.770. The number of rotatable bonds is 3. The molecule has 1 fully saturated rings. The molecule has 1 atom stereocenters. The van der Waals surface area contributed by atoms with Gasteiger partial charge in [0.1, 0.15) is 5.60 Å². The molecule has 0 spiro atoms. The maximum absolute atomic E-state index is 11.9. The van der Waals surface area contributed by atoms with E-state index >= 15 is 0 Å². The molecule has 1 unspecified atom stereocenters. The smallest absolute Gasteiger partial charge is 0.410 e.